The predicted molar refractivity (Wildman–Crippen MR) is 78.0 cm³/mol. The number of hydrogen-bond donors (Lipinski definition) is 1. The van der Waals surface area contributed by atoms with Crippen LogP contribution >= 0.6 is 15.9 Å². The van der Waals surface area contributed by atoms with Gasteiger partial charge in [0.1, 0.15) is 5.75 Å². The van der Waals surface area contributed by atoms with E-state index < -0.39 is 0 Å². The van der Waals surface area contributed by atoms with Crippen molar-refractivity contribution in [2.75, 3.05) is 26.2 Å². The minimum absolute atomic E-state index is 0.161. The third-order valence-corrected chi connectivity index (χ3v) is 4.09. The molecule has 1 amide bonds. The van der Waals surface area contributed by atoms with Gasteiger partial charge in [-0.2, -0.15) is 0 Å². The molecule has 0 aromatic heterocycles. The predicted octanol–water partition coefficient (Wildman–Crippen LogP) is 2.21. The zero-order valence-corrected chi connectivity index (χ0v) is 12.7. The number of halogens is 1. The Balaban J connectivity index is 1.95. The lowest BCUT2D eigenvalue weighted by molar-refractivity contribution is -0.128. The molecule has 1 N–H and O–H groups in total. The highest BCUT2D eigenvalue weighted by Gasteiger charge is 2.16. The fourth-order valence-corrected chi connectivity index (χ4v) is 2.78. The van der Waals surface area contributed by atoms with E-state index in [2.05, 4.69) is 20.8 Å². The second kappa shape index (κ2) is 6.39. The molecule has 0 unspecified atom stereocenters. The van der Waals surface area contributed by atoms with Gasteiger partial charge in [-0.15, -0.1) is 0 Å². The number of benzene rings is 1. The van der Waals surface area contributed by atoms with Gasteiger partial charge in [-0.3, -0.25) is 9.69 Å². The first-order valence-corrected chi connectivity index (χ1v) is 7.31. The van der Waals surface area contributed by atoms with Gasteiger partial charge >= 0.3 is 0 Å². The van der Waals surface area contributed by atoms with Crippen LogP contribution in [0.15, 0.2) is 22.7 Å². The molecule has 5 heteroatoms. The van der Waals surface area contributed by atoms with Crippen molar-refractivity contribution in [3.05, 3.63) is 28.2 Å². The number of rotatable bonds is 2. The van der Waals surface area contributed by atoms with Crippen LogP contribution in [0.3, 0.4) is 0 Å². The number of phenols is 1. The fourth-order valence-electron chi connectivity index (χ4n) is 2.35. The molecule has 1 aromatic carbocycles. The van der Waals surface area contributed by atoms with Gasteiger partial charge in [0.2, 0.25) is 5.91 Å². The second-order valence-electron chi connectivity index (χ2n) is 4.92. The smallest absolute Gasteiger partial charge is 0.219 e. The summed E-state index contributed by atoms with van der Waals surface area (Å²) in [7, 11) is 0. The monoisotopic (exact) mass is 326 g/mol. The molecule has 4 nitrogen and oxygen atoms in total. The maximum Gasteiger partial charge on any atom is 0.219 e. The Kier molecular flexibility index (Phi) is 4.82. The first-order chi connectivity index (χ1) is 9.06. The lowest BCUT2D eigenvalue weighted by Gasteiger charge is -2.21. The molecule has 1 saturated heterocycles. The van der Waals surface area contributed by atoms with E-state index in [1.54, 1.807) is 13.0 Å². The molecule has 1 heterocycles. The fraction of sp³-hybridized carbons (Fsp3) is 0.500. The average Bonchev–Trinajstić information content (AvgIpc) is 2.59. The number of hydrogen-bond acceptors (Lipinski definition) is 3. The van der Waals surface area contributed by atoms with Crippen LogP contribution in [0.2, 0.25) is 0 Å². The Morgan fingerprint density at radius 3 is 2.79 bits per heavy atom. The zero-order chi connectivity index (χ0) is 13.8. The molecule has 1 aromatic rings. The Bertz CT molecular complexity index is 465. The molecule has 19 heavy (non-hydrogen) atoms. The molecule has 0 saturated carbocycles. The lowest BCUT2D eigenvalue weighted by atomic mass is 10.2. The summed E-state index contributed by atoms with van der Waals surface area (Å²) in [6.07, 6.45) is 1.01. The summed E-state index contributed by atoms with van der Waals surface area (Å²) in [4.78, 5) is 15.6. The summed E-state index contributed by atoms with van der Waals surface area (Å²) in [5, 5.41) is 9.49. The summed E-state index contributed by atoms with van der Waals surface area (Å²) in [5.74, 6) is 0.427. The molecule has 1 aliphatic rings. The van der Waals surface area contributed by atoms with Gasteiger partial charge in [-0.25, -0.2) is 0 Å². The Morgan fingerprint density at radius 2 is 2.11 bits per heavy atom. The zero-order valence-electron chi connectivity index (χ0n) is 11.1. The molecular weight excluding hydrogens is 308 g/mol. The van der Waals surface area contributed by atoms with Crippen LogP contribution in [-0.2, 0) is 11.3 Å². The lowest BCUT2D eigenvalue weighted by Crippen LogP contribution is -2.33. The molecule has 0 bridgehead atoms. The van der Waals surface area contributed by atoms with Crippen LogP contribution in [-0.4, -0.2) is 47.0 Å². The highest BCUT2D eigenvalue weighted by molar-refractivity contribution is 9.10. The maximum absolute atomic E-state index is 11.4. The van der Waals surface area contributed by atoms with E-state index in [-0.39, 0.29) is 11.7 Å². The van der Waals surface area contributed by atoms with Gasteiger partial charge in [0.15, 0.2) is 0 Å². The summed E-state index contributed by atoms with van der Waals surface area (Å²) in [6, 6.07) is 5.59. The molecule has 104 valence electrons. The van der Waals surface area contributed by atoms with Crippen LogP contribution in [0.5, 0.6) is 5.75 Å². The first kappa shape index (κ1) is 14.3. The second-order valence-corrected chi connectivity index (χ2v) is 5.78. The number of phenolic OH excluding ortho intramolecular Hbond substituents is 1. The van der Waals surface area contributed by atoms with Gasteiger partial charge in [0, 0.05) is 39.6 Å². The van der Waals surface area contributed by atoms with Crippen molar-refractivity contribution < 1.29 is 9.90 Å². The van der Waals surface area contributed by atoms with Crippen molar-refractivity contribution in [2.24, 2.45) is 0 Å². The van der Waals surface area contributed by atoms with E-state index in [0.29, 0.717) is 0 Å². The normalized spacial score (nSPS) is 17.3. The summed E-state index contributed by atoms with van der Waals surface area (Å²) in [5.41, 5.74) is 1.17. The van der Waals surface area contributed by atoms with Gasteiger partial charge < -0.3 is 10.0 Å². The number of nitrogens with zero attached hydrogens (tertiary/aromatic N) is 2. The van der Waals surface area contributed by atoms with Gasteiger partial charge in [0.25, 0.3) is 0 Å². The number of carbonyl (C=O) groups excluding carboxylic acids is 1. The first-order valence-electron chi connectivity index (χ1n) is 6.51. The van der Waals surface area contributed by atoms with Crippen LogP contribution in [0.1, 0.15) is 18.9 Å². The average molecular weight is 327 g/mol. The number of amides is 1. The van der Waals surface area contributed by atoms with Crippen molar-refractivity contribution in [1.82, 2.24) is 9.80 Å². The van der Waals surface area contributed by atoms with Crippen molar-refractivity contribution >= 4 is 21.8 Å². The van der Waals surface area contributed by atoms with E-state index in [9.17, 15) is 9.90 Å². The summed E-state index contributed by atoms with van der Waals surface area (Å²) >= 11 is 3.33. The highest BCUT2D eigenvalue weighted by atomic mass is 79.9. The minimum Gasteiger partial charge on any atom is -0.507 e. The Labute approximate surface area is 122 Å². The van der Waals surface area contributed by atoms with Crippen LogP contribution in [0.4, 0.5) is 0 Å². The Hall–Kier alpha value is -1.07. The summed E-state index contributed by atoms with van der Waals surface area (Å²) < 4.78 is 0.727. The Morgan fingerprint density at radius 1 is 1.32 bits per heavy atom. The van der Waals surface area contributed by atoms with Gasteiger partial charge in [-0.05, 0) is 40.0 Å². The summed E-state index contributed by atoms with van der Waals surface area (Å²) in [6.45, 7) is 6.04. The van der Waals surface area contributed by atoms with E-state index in [0.717, 1.165) is 43.6 Å². The minimum atomic E-state index is 0.161. The molecule has 2 rings (SSSR count). The van der Waals surface area contributed by atoms with Crippen LogP contribution < -0.4 is 0 Å². The largest absolute Gasteiger partial charge is 0.507 e. The third-order valence-electron chi connectivity index (χ3n) is 3.45. The molecule has 0 aliphatic carbocycles. The van der Waals surface area contributed by atoms with Crippen molar-refractivity contribution in [1.29, 1.82) is 0 Å². The molecule has 1 aliphatic heterocycles. The van der Waals surface area contributed by atoms with Crippen molar-refractivity contribution in [3.63, 3.8) is 0 Å². The van der Waals surface area contributed by atoms with E-state index >= 15 is 0 Å². The standard InChI is InChI=1S/C14H19BrN2O2/c1-11(18)17-6-2-5-16(7-8-17)10-12-3-4-14(19)13(15)9-12/h3-4,9,19H,2,5-8,10H2,1H3. The van der Waals surface area contributed by atoms with Gasteiger partial charge in [-0.1, -0.05) is 6.07 Å². The van der Waals surface area contributed by atoms with E-state index in [1.807, 2.05) is 17.0 Å². The molecule has 0 atom stereocenters. The van der Waals surface area contributed by atoms with Crippen molar-refractivity contribution in [2.45, 2.75) is 19.9 Å². The molecular formula is C14H19BrN2O2. The van der Waals surface area contributed by atoms with Crippen LogP contribution in [0, 0.1) is 0 Å². The van der Waals surface area contributed by atoms with E-state index in [1.165, 1.54) is 5.56 Å². The van der Waals surface area contributed by atoms with Gasteiger partial charge in [0.05, 0.1) is 4.47 Å². The quantitative estimate of drug-likeness (QED) is 0.906. The van der Waals surface area contributed by atoms with Crippen LogP contribution in [0.25, 0.3) is 0 Å². The topological polar surface area (TPSA) is 43.8 Å². The number of carbonyl (C=O) groups is 1. The SMILES string of the molecule is CC(=O)N1CCCN(Cc2ccc(O)c(Br)c2)CC1. The van der Waals surface area contributed by atoms with E-state index in [4.69, 9.17) is 0 Å². The maximum atomic E-state index is 11.4. The molecule has 0 spiro atoms. The number of aromatic hydroxyl groups is 1. The molecule has 1 fully saturated rings. The third kappa shape index (κ3) is 3.94. The van der Waals surface area contributed by atoms with Crippen molar-refractivity contribution in [3.8, 4) is 5.75 Å². The molecule has 0 radical (unpaired) electrons. The highest BCUT2D eigenvalue weighted by Crippen LogP contribution is 2.25.